The fraction of sp³-hybridized carbons (Fsp3) is 0.448. The van der Waals surface area contributed by atoms with E-state index in [9.17, 15) is 14.4 Å². The van der Waals surface area contributed by atoms with Crippen LogP contribution < -0.4 is 10.1 Å². The van der Waals surface area contributed by atoms with Gasteiger partial charge in [-0.05, 0) is 67.1 Å². The number of ether oxygens (including phenoxy) is 1. The normalized spacial score (nSPS) is 26.4. The molecule has 1 saturated carbocycles. The summed E-state index contributed by atoms with van der Waals surface area (Å²) < 4.78 is 6.59. The third kappa shape index (κ3) is 3.96. The number of piperidine rings is 1. The summed E-state index contributed by atoms with van der Waals surface area (Å²) in [4.78, 5) is 48.7. The summed E-state index contributed by atoms with van der Waals surface area (Å²) in [6.45, 7) is 2.40. The third-order valence-corrected chi connectivity index (χ3v) is 8.76. The molecule has 3 amide bonds. The summed E-state index contributed by atoms with van der Waals surface area (Å²) in [5.74, 6) is 0.457. The first kappa shape index (κ1) is 23.4. The molecular formula is C29H31N5O4. The number of H-pyrrole nitrogens is 1. The van der Waals surface area contributed by atoms with Gasteiger partial charge in [-0.3, -0.25) is 24.6 Å². The first-order chi connectivity index (χ1) is 18.5. The Bertz CT molecular complexity index is 1430. The average Bonchev–Trinajstić information content (AvgIpc) is 3.49. The van der Waals surface area contributed by atoms with Crippen LogP contribution in [0.15, 0.2) is 42.7 Å². The molecule has 1 aliphatic carbocycles. The maximum absolute atomic E-state index is 13.0. The SMILES string of the molecule is O=C1CCC(N2Cc3cc(O[C@@H]4CCCC[C@@H]4N4CC(c5ccnc6[nH]ccc56)C4)ccc3C2=O)C(=O)N1. The van der Waals surface area contributed by atoms with Crippen LogP contribution in [0, 0.1) is 0 Å². The molecule has 1 aromatic carbocycles. The van der Waals surface area contributed by atoms with E-state index in [2.05, 4.69) is 32.3 Å². The number of fused-ring (bicyclic) bond motifs is 2. The molecule has 0 radical (unpaired) electrons. The van der Waals surface area contributed by atoms with Gasteiger partial charge in [-0.25, -0.2) is 4.98 Å². The number of aromatic nitrogens is 2. The number of carbonyl (C=O) groups is 3. The lowest BCUT2D eigenvalue weighted by Crippen LogP contribution is -2.57. The molecule has 0 bridgehead atoms. The highest BCUT2D eigenvalue weighted by Crippen LogP contribution is 2.38. The minimum absolute atomic E-state index is 0.107. The van der Waals surface area contributed by atoms with Crippen LogP contribution in [0.3, 0.4) is 0 Å². The number of carbonyl (C=O) groups excluding carboxylic acids is 3. The van der Waals surface area contributed by atoms with E-state index in [1.165, 1.54) is 17.4 Å². The maximum Gasteiger partial charge on any atom is 0.255 e. The minimum Gasteiger partial charge on any atom is -0.489 e. The topological polar surface area (TPSA) is 108 Å². The second kappa shape index (κ2) is 9.23. The van der Waals surface area contributed by atoms with Crippen molar-refractivity contribution in [2.75, 3.05) is 13.1 Å². The summed E-state index contributed by atoms with van der Waals surface area (Å²) in [5, 5.41) is 3.58. The molecule has 1 unspecified atom stereocenters. The van der Waals surface area contributed by atoms with Crippen molar-refractivity contribution < 1.29 is 19.1 Å². The summed E-state index contributed by atoms with van der Waals surface area (Å²) >= 11 is 0. The number of amides is 3. The fourth-order valence-electron chi connectivity index (χ4n) is 6.75. The Kier molecular flexibility index (Phi) is 5.69. The van der Waals surface area contributed by atoms with Crippen LogP contribution >= 0.6 is 0 Å². The Hall–Kier alpha value is -3.72. The Morgan fingerprint density at radius 3 is 2.74 bits per heavy atom. The van der Waals surface area contributed by atoms with Crippen molar-refractivity contribution in [2.45, 2.75) is 69.2 Å². The average molecular weight is 514 g/mol. The minimum atomic E-state index is -0.605. The predicted molar refractivity (Wildman–Crippen MR) is 140 cm³/mol. The van der Waals surface area contributed by atoms with Crippen molar-refractivity contribution in [1.29, 1.82) is 0 Å². The molecule has 3 atom stereocenters. The van der Waals surface area contributed by atoms with E-state index in [0.717, 1.165) is 49.3 Å². The number of hydrogen-bond donors (Lipinski definition) is 2. The number of nitrogens with zero attached hydrogens (tertiary/aromatic N) is 3. The van der Waals surface area contributed by atoms with E-state index in [4.69, 9.17) is 4.74 Å². The second-order valence-electron chi connectivity index (χ2n) is 11.0. The van der Waals surface area contributed by atoms with Crippen molar-refractivity contribution >= 4 is 28.8 Å². The third-order valence-electron chi connectivity index (χ3n) is 8.76. The molecular weight excluding hydrogens is 482 g/mol. The van der Waals surface area contributed by atoms with Crippen LogP contribution in [0.2, 0.25) is 0 Å². The standard InChI is InChI=1S/C29H31N5O4/c35-26-8-7-24(28(36)32-26)34-16-17-13-19(5-6-21(17)29(34)37)38-25-4-2-1-3-23(25)33-14-18(15-33)20-9-11-30-27-22(20)10-12-31-27/h5-6,9-13,18,23-25H,1-4,7-8,14-16H2,(H,30,31)(H,32,35,36)/t23-,24?,25+/m0/s1. The van der Waals surface area contributed by atoms with Crippen molar-refractivity contribution in [3.05, 3.63) is 59.4 Å². The van der Waals surface area contributed by atoms with Crippen LogP contribution in [0.5, 0.6) is 5.75 Å². The lowest BCUT2D eigenvalue weighted by Gasteiger charge is -2.48. The van der Waals surface area contributed by atoms with Gasteiger partial charge >= 0.3 is 0 Å². The van der Waals surface area contributed by atoms with Crippen LogP contribution in [0.25, 0.3) is 11.0 Å². The summed E-state index contributed by atoms with van der Waals surface area (Å²) in [6, 6.07) is 9.70. The van der Waals surface area contributed by atoms with E-state index in [1.54, 1.807) is 4.90 Å². The molecule has 4 aliphatic rings. The van der Waals surface area contributed by atoms with Gasteiger partial charge in [0.1, 0.15) is 23.5 Å². The molecule has 3 fully saturated rings. The molecule has 5 heterocycles. The van der Waals surface area contributed by atoms with Crippen LogP contribution in [-0.2, 0) is 16.1 Å². The van der Waals surface area contributed by atoms with Crippen molar-refractivity contribution in [3.8, 4) is 5.75 Å². The number of likely N-dealkylation sites (tertiary alicyclic amines) is 1. The van der Waals surface area contributed by atoms with Gasteiger partial charge in [0.25, 0.3) is 5.91 Å². The van der Waals surface area contributed by atoms with Crippen LogP contribution in [0.1, 0.15) is 65.9 Å². The number of nitrogens with one attached hydrogen (secondary N) is 2. The lowest BCUT2D eigenvalue weighted by atomic mass is 9.84. The number of pyridine rings is 1. The van der Waals surface area contributed by atoms with Gasteiger partial charge < -0.3 is 14.6 Å². The smallest absolute Gasteiger partial charge is 0.255 e. The first-order valence-corrected chi connectivity index (χ1v) is 13.7. The Balaban J connectivity index is 1.03. The highest BCUT2D eigenvalue weighted by atomic mass is 16.5. The van der Waals surface area contributed by atoms with Crippen LogP contribution in [-0.4, -0.2) is 68.8 Å². The zero-order valence-corrected chi connectivity index (χ0v) is 21.2. The number of aromatic amines is 1. The predicted octanol–water partition coefficient (Wildman–Crippen LogP) is 3.11. The highest BCUT2D eigenvalue weighted by molar-refractivity contribution is 6.05. The quantitative estimate of drug-likeness (QED) is 0.508. The Morgan fingerprint density at radius 2 is 1.87 bits per heavy atom. The van der Waals surface area contributed by atoms with Crippen LogP contribution in [0.4, 0.5) is 0 Å². The van der Waals surface area contributed by atoms with Gasteiger partial charge in [0.05, 0.1) is 0 Å². The van der Waals surface area contributed by atoms with Gasteiger partial charge in [0, 0.05) is 61.4 Å². The Labute approximate surface area is 220 Å². The highest BCUT2D eigenvalue weighted by Gasteiger charge is 2.41. The van der Waals surface area contributed by atoms with Crippen molar-refractivity contribution in [2.24, 2.45) is 0 Å². The summed E-state index contributed by atoms with van der Waals surface area (Å²) in [6.07, 6.45) is 9.08. The summed E-state index contributed by atoms with van der Waals surface area (Å²) in [7, 11) is 0. The van der Waals surface area contributed by atoms with Gasteiger partial charge in [-0.2, -0.15) is 0 Å². The molecule has 9 nitrogen and oxygen atoms in total. The van der Waals surface area contributed by atoms with E-state index < -0.39 is 6.04 Å². The molecule has 3 aliphatic heterocycles. The molecule has 3 aromatic rings. The molecule has 2 N–H and O–H groups in total. The lowest BCUT2D eigenvalue weighted by molar-refractivity contribution is -0.136. The van der Waals surface area contributed by atoms with E-state index in [-0.39, 0.29) is 30.2 Å². The number of benzene rings is 1. The van der Waals surface area contributed by atoms with Gasteiger partial charge in [0.15, 0.2) is 0 Å². The maximum atomic E-state index is 13.0. The second-order valence-corrected chi connectivity index (χ2v) is 11.0. The van der Waals surface area contributed by atoms with Gasteiger partial charge in [0.2, 0.25) is 11.8 Å². The number of hydrogen-bond acceptors (Lipinski definition) is 6. The monoisotopic (exact) mass is 513 g/mol. The number of imide groups is 1. The molecule has 196 valence electrons. The molecule has 0 spiro atoms. The van der Waals surface area contributed by atoms with E-state index >= 15 is 0 Å². The molecule has 38 heavy (non-hydrogen) atoms. The van der Waals surface area contributed by atoms with E-state index in [0.29, 0.717) is 30.5 Å². The van der Waals surface area contributed by atoms with Gasteiger partial charge in [-0.15, -0.1) is 0 Å². The largest absolute Gasteiger partial charge is 0.489 e. The van der Waals surface area contributed by atoms with E-state index in [1.807, 2.05) is 30.6 Å². The first-order valence-electron chi connectivity index (χ1n) is 13.7. The zero-order valence-electron chi connectivity index (χ0n) is 21.2. The molecule has 9 heteroatoms. The number of rotatable bonds is 5. The van der Waals surface area contributed by atoms with Gasteiger partial charge in [-0.1, -0.05) is 6.42 Å². The molecule has 2 aromatic heterocycles. The molecule has 7 rings (SSSR count). The Morgan fingerprint density at radius 1 is 1.00 bits per heavy atom. The summed E-state index contributed by atoms with van der Waals surface area (Å²) in [5.41, 5.74) is 3.80. The fourth-order valence-corrected chi connectivity index (χ4v) is 6.75. The molecule has 2 saturated heterocycles. The van der Waals surface area contributed by atoms with Crippen molar-refractivity contribution in [1.82, 2.24) is 25.1 Å². The zero-order chi connectivity index (χ0) is 25.8. The van der Waals surface area contributed by atoms with Crippen molar-refractivity contribution in [3.63, 3.8) is 0 Å².